The van der Waals surface area contributed by atoms with Crippen LogP contribution in [0.25, 0.3) is 16.9 Å². The number of imidazole rings is 1. The molecule has 0 unspecified atom stereocenters. The highest BCUT2D eigenvalue weighted by molar-refractivity contribution is 5.63. The molecule has 0 radical (unpaired) electrons. The molecule has 5 aromatic rings. The average molecular weight is 423 g/mol. The maximum Gasteiger partial charge on any atom is 0.219 e. The van der Waals surface area contributed by atoms with Gasteiger partial charge in [0.25, 0.3) is 0 Å². The highest BCUT2D eigenvalue weighted by Crippen LogP contribution is 2.28. The first kappa shape index (κ1) is 19.9. The van der Waals surface area contributed by atoms with E-state index in [4.69, 9.17) is 9.97 Å². The largest absolute Gasteiger partial charge is 0.493 e. The van der Waals surface area contributed by atoms with Gasteiger partial charge in [0.1, 0.15) is 11.5 Å². The summed E-state index contributed by atoms with van der Waals surface area (Å²) in [6.45, 7) is 2.04. The van der Waals surface area contributed by atoms with Gasteiger partial charge in [-0.05, 0) is 30.2 Å². The van der Waals surface area contributed by atoms with Gasteiger partial charge < -0.3 is 5.11 Å². The van der Waals surface area contributed by atoms with Gasteiger partial charge in [0.2, 0.25) is 5.88 Å². The Morgan fingerprint density at radius 3 is 2.28 bits per heavy atom. The molecule has 0 fully saturated rings. The molecule has 0 amide bonds. The molecule has 0 atom stereocenters. The topological polar surface area (TPSA) is 50.4 Å². The monoisotopic (exact) mass is 423 g/mol. The molecular formula is C27H22FN3O. The van der Waals surface area contributed by atoms with Crippen LogP contribution in [-0.2, 0) is 12.8 Å². The normalized spacial score (nSPS) is 11.2. The second-order valence-corrected chi connectivity index (χ2v) is 7.99. The van der Waals surface area contributed by atoms with Crippen molar-refractivity contribution in [3.8, 4) is 17.1 Å². The minimum Gasteiger partial charge on any atom is -0.493 e. The molecule has 0 saturated carbocycles. The summed E-state index contributed by atoms with van der Waals surface area (Å²) in [5.41, 5.74) is 6.53. The van der Waals surface area contributed by atoms with E-state index in [1.807, 2.05) is 67.7 Å². The van der Waals surface area contributed by atoms with E-state index >= 15 is 0 Å². The van der Waals surface area contributed by atoms with Crippen LogP contribution in [0.3, 0.4) is 0 Å². The zero-order chi connectivity index (χ0) is 22.1. The van der Waals surface area contributed by atoms with E-state index in [0.29, 0.717) is 29.9 Å². The van der Waals surface area contributed by atoms with Crippen molar-refractivity contribution in [1.82, 2.24) is 14.4 Å². The fourth-order valence-corrected chi connectivity index (χ4v) is 3.98. The van der Waals surface area contributed by atoms with Crippen molar-refractivity contribution < 1.29 is 9.50 Å². The highest BCUT2D eigenvalue weighted by Gasteiger charge is 2.18. The van der Waals surface area contributed by atoms with Crippen molar-refractivity contribution in [2.24, 2.45) is 0 Å². The van der Waals surface area contributed by atoms with Gasteiger partial charge in [0.05, 0.1) is 11.4 Å². The first-order valence-electron chi connectivity index (χ1n) is 10.5. The van der Waals surface area contributed by atoms with Crippen LogP contribution in [0, 0.1) is 12.7 Å². The molecule has 0 bridgehead atoms. The lowest BCUT2D eigenvalue weighted by molar-refractivity contribution is 0.442. The number of aromatic hydroxyl groups is 1. The highest BCUT2D eigenvalue weighted by atomic mass is 19.1. The molecule has 0 spiro atoms. The van der Waals surface area contributed by atoms with E-state index in [-0.39, 0.29) is 11.7 Å². The second kappa shape index (κ2) is 8.27. The summed E-state index contributed by atoms with van der Waals surface area (Å²) in [6, 6.07) is 24.4. The zero-order valence-electron chi connectivity index (χ0n) is 17.7. The molecule has 4 nitrogen and oxygen atoms in total. The molecule has 158 valence electrons. The van der Waals surface area contributed by atoms with Gasteiger partial charge in [-0.25, -0.2) is 14.4 Å². The van der Waals surface area contributed by atoms with E-state index < -0.39 is 0 Å². The lowest BCUT2D eigenvalue weighted by Gasteiger charge is -2.08. The Bertz CT molecular complexity index is 1410. The summed E-state index contributed by atoms with van der Waals surface area (Å²) in [5.74, 6) is -0.189. The van der Waals surface area contributed by atoms with Crippen LogP contribution in [0.15, 0.2) is 85.1 Å². The third-order valence-electron chi connectivity index (χ3n) is 5.50. The molecule has 3 aromatic carbocycles. The Hall–Kier alpha value is -3.99. The lowest BCUT2D eigenvalue weighted by atomic mass is 10.1. The molecule has 0 aliphatic carbocycles. The smallest absolute Gasteiger partial charge is 0.219 e. The zero-order valence-corrected chi connectivity index (χ0v) is 17.7. The third-order valence-corrected chi connectivity index (χ3v) is 5.50. The number of fused-ring (bicyclic) bond motifs is 1. The van der Waals surface area contributed by atoms with Gasteiger partial charge in [-0.3, -0.25) is 4.40 Å². The Morgan fingerprint density at radius 2 is 1.53 bits per heavy atom. The van der Waals surface area contributed by atoms with Crippen molar-refractivity contribution in [1.29, 1.82) is 0 Å². The van der Waals surface area contributed by atoms with Crippen LogP contribution in [0.1, 0.15) is 28.1 Å². The second-order valence-electron chi connectivity index (χ2n) is 7.99. The molecule has 2 heterocycles. The number of rotatable bonds is 5. The maximum atomic E-state index is 13.8. The Labute approximate surface area is 185 Å². The summed E-state index contributed by atoms with van der Waals surface area (Å²) in [4.78, 5) is 9.60. The Kier molecular flexibility index (Phi) is 5.15. The lowest BCUT2D eigenvalue weighted by Crippen LogP contribution is -2.01. The van der Waals surface area contributed by atoms with Gasteiger partial charge in [-0.15, -0.1) is 0 Å². The number of hydrogen-bond donors (Lipinski definition) is 1. The summed E-state index contributed by atoms with van der Waals surface area (Å²) in [5, 5.41) is 11.0. The summed E-state index contributed by atoms with van der Waals surface area (Å²) >= 11 is 0. The molecular weight excluding hydrogens is 401 g/mol. The van der Waals surface area contributed by atoms with Crippen molar-refractivity contribution in [3.63, 3.8) is 0 Å². The van der Waals surface area contributed by atoms with E-state index in [2.05, 4.69) is 6.07 Å². The number of halogens is 1. The minimum absolute atomic E-state index is 0.0987. The van der Waals surface area contributed by atoms with Crippen LogP contribution < -0.4 is 0 Å². The van der Waals surface area contributed by atoms with Gasteiger partial charge in [-0.2, -0.15) is 0 Å². The predicted octanol–water partition coefficient (Wildman–Crippen LogP) is 5.73. The first-order valence-corrected chi connectivity index (χ1v) is 10.5. The fraction of sp³-hybridized carbons (Fsp3) is 0.111. The van der Waals surface area contributed by atoms with Gasteiger partial charge in [-0.1, -0.05) is 72.3 Å². The van der Waals surface area contributed by atoms with Crippen LogP contribution in [0.2, 0.25) is 0 Å². The quantitative estimate of drug-likeness (QED) is 0.393. The molecule has 5 rings (SSSR count). The third kappa shape index (κ3) is 3.97. The number of aryl methyl sites for hydroxylation is 1. The van der Waals surface area contributed by atoms with E-state index in [0.717, 1.165) is 27.9 Å². The standard InChI is InChI=1S/C27H22FN3O/c1-18-7-5-8-19(13-18)16-24-27(32)31-17-25(21-10-3-2-4-11-21)29-23(26(31)30-24)15-20-9-6-12-22(28)14-20/h2-14,17,32H,15-16H2,1H3. The Balaban J connectivity index is 1.65. The number of benzene rings is 3. The number of nitrogens with zero attached hydrogens (tertiary/aromatic N) is 3. The molecule has 0 aliphatic rings. The Morgan fingerprint density at radius 1 is 0.812 bits per heavy atom. The van der Waals surface area contributed by atoms with Crippen molar-refractivity contribution in [3.05, 3.63) is 119 Å². The molecule has 2 aromatic heterocycles. The number of hydrogen-bond acceptors (Lipinski definition) is 3. The van der Waals surface area contributed by atoms with Crippen LogP contribution in [0.4, 0.5) is 4.39 Å². The molecule has 0 saturated heterocycles. The SMILES string of the molecule is Cc1cccc(Cc2nc3c(Cc4cccc(F)c4)nc(-c4ccccc4)cn3c2O)c1. The molecule has 0 aliphatic heterocycles. The van der Waals surface area contributed by atoms with Crippen molar-refractivity contribution in [2.75, 3.05) is 0 Å². The molecule has 1 N–H and O–H groups in total. The summed E-state index contributed by atoms with van der Waals surface area (Å²) in [7, 11) is 0. The average Bonchev–Trinajstić information content (AvgIpc) is 3.10. The summed E-state index contributed by atoms with van der Waals surface area (Å²) < 4.78 is 15.5. The maximum absolute atomic E-state index is 13.8. The van der Waals surface area contributed by atoms with Crippen molar-refractivity contribution in [2.45, 2.75) is 19.8 Å². The predicted molar refractivity (Wildman–Crippen MR) is 123 cm³/mol. The summed E-state index contributed by atoms with van der Waals surface area (Å²) in [6.07, 6.45) is 2.72. The van der Waals surface area contributed by atoms with Crippen LogP contribution in [-0.4, -0.2) is 19.5 Å². The number of aromatic nitrogens is 3. The first-order chi connectivity index (χ1) is 15.6. The molecule has 5 heteroatoms. The van der Waals surface area contributed by atoms with Gasteiger partial charge in [0, 0.05) is 24.6 Å². The van der Waals surface area contributed by atoms with Crippen LogP contribution >= 0.6 is 0 Å². The minimum atomic E-state index is -0.288. The van der Waals surface area contributed by atoms with Crippen molar-refractivity contribution >= 4 is 5.65 Å². The van der Waals surface area contributed by atoms with Crippen LogP contribution in [0.5, 0.6) is 5.88 Å². The van der Waals surface area contributed by atoms with E-state index in [1.165, 1.54) is 12.1 Å². The fourth-order valence-electron chi connectivity index (χ4n) is 3.98. The molecule has 32 heavy (non-hydrogen) atoms. The van der Waals surface area contributed by atoms with E-state index in [1.54, 1.807) is 10.5 Å². The van der Waals surface area contributed by atoms with E-state index in [9.17, 15) is 9.50 Å². The van der Waals surface area contributed by atoms with Gasteiger partial charge >= 0.3 is 0 Å². The van der Waals surface area contributed by atoms with Gasteiger partial charge in [0.15, 0.2) is 5.65 Å².